The smallest absolute Gasteiger partial charge is 0.135 e. The first-order chi connectivity index (χ1) is 11.2. The Morgan fingerprint density at radius 2 is 1.78 bits per heavy atom. The molecule has 0 bridgehead atoms. The van der Waals surface area contributed by atoms with Crippen LogP contribution in [0.1, 0.15) is 50.5 Å². The summed E-state index contributed by atoms with van der Waals surface area (Å²) in [6.07, 6.45) is 8.52. The molecule has 1 aliphatic heterocycles. The molecular weight excluding hydrogens is 310 g/mol. The van der Waals surface area contributed by atoms with Gasteiger partial charge in [0.2, 0.25) is 0 Å². The number of aliphatic imine (C=N–C) groups is 1. The number of hydrogen-bond donors (Lipinski definition) is 1. The predicted octanol–water partition coefficient (Wildman–Crippen LogP) is 3.88. The number of carbonyl (C=O) groups excluding carboxylic acids is 1. The summed E-state index contributed by atoms with van der Waals surface area (Å²) in [5.74, 6) is 1.08. The number of nitrogens with zero attached hydrogens (tertiary/aromatic N) is 2. The number of benzene rings is 1. The van der Waals surface area contributed by atoms with Crippen LogP contribution in [0, 0.1) is 0 Å². The van der Waals surface area contributed by atoms with Gasteiger partial charge in [0.05, 0.1) is 5.41 Å². The molecule has 1 aromatic carbocycles. The van der Waals surface area contributed by atoms with E-state index in [2.05, 4.69) is 10.5 Å². The number of ketones is 1. The Hall–Kier alpha value is -1.68. The zero-order valence-electron chi connectivity index (χ0n) is 13.2. The first-order valence-corrected chi connectivity index (χ1v) is 8.69. The summed E-state index contributed by atoms with van der Waals surface area (Å²) < 4.78 is 0. The molecule has 0 aromatic heterocycles. The molecule has 3 rings (SSSR count). The highest BCUT2D eigenvalue weighted by molar-refractivity contribution is 6.30. The average Bonchev–Trinajstić information content (AvgIpc) is 2.58. The summed E-state index contributed by atoms with van der Waals surface area (Å²) >= 11 is 6.01. The second-order valence-electron chi connectivity index (χ2n) is 6.34. The van der Waals surface area contributed by atoms with Crippen LogP contribution in [0.3, 0.4) is 0 Å². The highest BCUT2D eigenvalue weighted by Crippen LogP contribution is 2.42. The summed E-state index contributed by atoms with van der Waals surface area (Å²) in [5, 5.41) is 5.03. The maximum atomic E-state index is 11.8. The third-order valence-electron chi connectivity index (χ3n) is 4.62. The first-order valence-electron chi connectivity index (χ1n) is 8.31. The van der Waals surface area contributed by atoms with Gasteiger partial charge in [-0.2, -0.15) is 5.10 Å². The van der Waals surface area contributed by atoms with E-state index in [0.29, 0.717) is 17.9 Å². The van der Waals surface area contributed by atoms with Crippen molar-refractivity contribution in [3.05, 3.63) is 34.9 Å². The lowest BCUT2D eigenvalue weighted by Gasteiger charge is -2.41. The molecule has 1 aliphatic carbocycles. The largest absolute Gasteiger partial charge is 0.300 e. The maximum Gasteiger partial charge on any atom is 0.135 e. The first kappa shape index (κ1) is 16.2. The van der Waals surface area contributed by atoms with Gasteiger partial charge in [-0.05, 0) is 37.0 Å². The number of hydrogen-bond acceptors (Lipinski definition) is 4. The van der Waals surface area contributed by atoms with Crippen LogP contribution in [-0.2, 0) is 10.2 Å². The standard InChI is InChI=1S/C18H22ClN3O/c19-15-8-6-14(7-9-15)18(12-16(23)13-18)17-20-10-4-2-1-3-5-11-21-22-17/h6-9,11H,1-5,10,12-13H2,(H,20,22)/b21-11+. The van der Waals surface area contributed by atoms with Gasteiger partial charge in [-0.25, -0.2) is 0 Å². The van der Waals surface area contributed by atoms with Crippen molar-refractivity contribution in [1.82, 2.24) is 5.43 Å². The molecule has 0 amide bonds. The zero-order chi connectivity index (χ0) is 16.1. The normalized spacial score (nSPS) is 23.0. The fourth-order valence-corrected chi connectivity index (χ4v) is 3.38. The van der Waals surface area contributed by atoms with Crippen LogP contribution in [0.5, 0.6) is 0 Å². The van der Waals surface area contributed by atoms with Gasteiger partial charge in [-0.1, -0.05) is 36.6 Å². The Kier molecular flexibility index (Phi) is 5.11. The van der Waals surface area contributed by atoms with Gasteiger partial charge < -0.3 is 0 Å². The third-order valence-corrected chi connectivity index (χ3v) is 4.87. The number of nitrogens with one attached hydrogen (secondary N) is 1. The van der Waals surface area contributed by atoms with Crippen molar-refractivity contribution in [2.24, 2.45) is 10.1 Å². The van der Waals surface area contributed by atoms with Crippen LogP contribution in [0.4, 0.5) is 0 Å². The minimum atomic E-state index is -0.368. The third kappa shape index (κ3) is 3.63. The summed E-state index contributed by atoms with van der Waals surface area (Å²) in [7, 11) is 0. The number of Topliss-reactive ketones (excluding diaryl/α,β-unsaturated/α-hetero) is 1. The van der Waals surface area contributed by atoms with Gasteiger partial charge in [0.15, 0.2) is 0 Å². The van der Waals surface area contributed by atoms with Crippen LogP contribution >= 0.6 is 11.6 Å². The van der Waals surface area contributed by atoms with Crippen molar-refractivity contribution in [1.29, 1.82) is 0 Å². The second kappa shape index (κ2) is 7.26. The molecule has 0 radical (unpaired) electrons. The lowest BCUT2D eigenvalue weighted by atomic mass is 9.62. The molecule has 0 spiro atoms. The number of amidine groups is 1. The van der Waals surface area contributed by atoms with Gasteiger partial charge >= 0.3 is 0 Å². The molecule has 23 heavy (non-hydrogen) atoms. The minimum absolute atomic E-state index is 0.266. The van der Waals surface area contributed by atoms with E-state index in [9.17, 15) is 4.79 Å². The van der Waals surface area contributed by atoms with E-state index in [1.165, 1.54) is 19.3 Å². The number of rotatable bonds is 2. The SMILES string of the molecule is O=C1CC(C2=NCCCCCC/C=N/N2)(c2ccc(Cl)cc2)C1. The lowest BCUT2D eigenvalue weighted by molar-refractivity contribution is -0.126. The van der Waals surface area contributed by atoms with Crippen LogP contribution in [-0.4, -0.2) is 24.4 Å². The molecule has 0 atom stereocenters. The van der Waals surface area contributed by atoms with E-state index in [1.807, 2.05) is 30.5 Å². The Morgan fingerprint density at radius 3 is 2.52 bits per heavy atom. The van der Waals surface area contributed by atoms with Crippen LogP contribution in [0.15, 0.2) is 34.4 Å². The molecule has 0 unspecified atom stereocenters. The molecular formula is C18H22ClN3O. The van der Waals surface area contributed by atoms with Crippen molar-refractivity contribution >= 4 is 29.4 Å². The Bertz CT molecular complexity index is 614. The highest BCUT2D eigenvalue weighted by atomic mass is 35.5. The van der Waals surface area contributed by atoms with Gasteiger partial charge in [0.25, 0.3) is 0 Å². The van der Waals surface area contributed by atoms with Gasteiger partial charge in [0, 0.05) is 30.6 Å². The molecule has 4 nitrogen and oxygen atoms in total. The van der Waals surface area contributed by atoms with Crippen molar-refractivity contribution < 1.29 is 4.79 Å². The fraction of sp³-hybridized carbons (Fsp3) is 0.500. The lowest BCUT2D eigenvalue weighted by Crippen LogP contribution is -2.52. The molecule has 1 heterocycles. The topological polar surface area (TPSA) is 53.8 Å². The highest BCUT2D eigenvalue weighted by Gasteiger charge is 2.49. The predicted molar refractivity (Wildman–Crippen MR) is 94.4 cm³/mol. The summed E-state index contributed by atoms with van der Waals surface area (Å²) in [6, 6.07) is 7.73. The quantitative estimate of drug-likeness (QED) is 0.894. The number of halogens is 1. The molecule has 1 N–H and O–H groups in total. The van der Waals surface area contributed by atoms with Crippen molar-refractivity contribution in [2.45, 2.75) is 50.4 Å². The van der Waals surface area contributed by atoms with Crippen LogP contribution in [0.2, 0.25) is 5.02 Å². The van der Waals surface area contributed by atoms with E-state index < -0.39 is 0 Å². The molecule has 1 aromatic rings. The van der Waals surface area contributed by atoms with Gasteiger partial charge in [-0.3, -0.25) is 15.2 Å². The molecule has 122 valence electrons. The zero-order valence-corrected chi connectivity index (χ0v) is 14.0. The summed E-state index contributed by atoms with van der Waals surface area (Å²) in [6.45, 7) is 0.779. The second-order valence-corrected chi connectivity index (χ2v) is 6.77. The van der Waals surface area contributed by atoms with E-state index >= 15 is 0 Å². The Balaban J connectivity index is 1.91. The van der Waals surface area contributed by atoms with Crippen molar-refractivity contribution in [3.8, 4) is 0 Å². The van der Waals surface area contributed by atoms with Crippen molar-refractivity contribution in [2.75, 3.05) is 6.54 Å². The Morgan fingerprint density at radius 1 is 1.04 bits per heavy atom. The molecule has 1 saturated carbocycles. The van der Waals surface area contributed by atoms with E-state index in [4.69, 9.17) is 16.6 Å². The van der Waals surface area contributed by atoms with E-state index in [1.54, 1.807) is 0 Å². The molecule has 2 aliphatic rings. The number of carbonyl (C=O) groups is 1. The van der Waals surface area contributed by atoms with Crippen LogP contribution in [0.25, 0.3) is 0 Å². The van der Waals surface area contributed by atoms with Gasteiger partial charge in [0.1, 0.15) is 11.6 Å². The minimum Gasteiger partial charge on any atom is -0.300 e. The monoisotopic (exact) mass is 331 g/mol. The number of hydrazone groups is 1. The fourth-order valence-electron chi connectivity index (χ4n) is 3.26. The van der Waals surface area contributed by atoms with E-state index in [-0.39, 0.29) is 11.2 Å². The molecule has 1 fully saturated rings. The molecule has 0 saturated heterocycles. The maximum absolute atomic E-state index is 11.8. The Labute approximate surface area is 142 Å². The summed E-state index contributed by atoms with van der Waals surface area (Å²) in [5.41, 5.74) is 3.84. The van der Waals surface area contributed by atoms with Crippen molar-refractivity contribution in [3.63, 3.8) is 0 Å². The van der Waals surface area contributed by atoms with Crippen LogP contribution < -0.4 is 5.43 Å². The average molecular weight is 332 g/mol. The summed E-state index contributed by atoms with van der Waals surface area (Å²) in [4.78, 5) is 16.5. The van der Waals surface area contributed by atoms with Gasteiger partial charge in [-0.15, -0.1) is 0 Å². The molecule has 5 heteroatoms. The van der Waals surface area contributed by atoms with E-state index in [0.717, 1.165) is 30.8 Å².